The molecule has 0 saturated carbocycles. The van der Waals surface area contributed by atoms with Crippen LogP contribution >= 0.6 is 0 Å². The Bertz CT molecular complexity index is 241. The third kappa shape index (κ3) is 4.00. The molecule has 4 heteroatoms. The van der Waals surface area contributed by atoms with Crippen LogP contribution in [0, 0.1) is 0 Å². The van der Waals surface area contributed by atoms with Crippen LogP contribution in [-0.4, -0.2) is 54.2 Å². The normalized spacial score (nSPS) is 18.3. The van der Waals surface area contributed by atoms with Crippen LogP contribution in [-0.2, 0) is 9.59 Å². The van der Waals surface area contributed by atoms with Gasteiger partial charge in [-0.05, 0) is 13.3 Å². The van der Waals surface area contributed by atoms with Gasteiger partial charge in [0.1, 0.15) is 5.78 Å². The lowest BCUT2D eigenvalue weighted by Crippen LogP contribution is -2.51. The predicted molar refractivity (Wildman–Crippen MR) is 58.6 cm³/mol. The summed E-state index contributed by atoms with van der Waals surface area (Å²) in [7, 11) is 0. The van der Waals surface area contributed by atoms with E-state index in [1.165, 1.54) is 0 Å². The molecule has 0 aliphatic carbocycles. The maximum absolute atomic E-state index is 11.7. The Hall–Kier alpha value is -0.900. The topological polar surface area (TPSA) is 40.6 Å². The van der Waals surface area contributed by atoms with Crippen molar-refractivity contribution in [3.8, 4) is 0 Å². The zero-order valence-electron chi connectivity index (χ0n) is 9.66. The van der Waals surface area contributed by atoms with Crippen molar-refractivity contribution in [3.05, 3.63) is 0 Å². The van der Waals surface area contributed by atoms with Gasteiger partial charge in [-0.25, -0.2) is 0 Å². The van der Waals surface area contributed by atoms with Crippen molar-refractivity contribution in [1.82, 2.24) is 9.80 Å². The second-order valence-electron chi connectivity index (χ2n) is 4.15. The monoisotopic (exact) mass is 212 g/mol. The number of unbranched alkanes of at least 4 members (excludes halogenated alkanes) is 1. The number of Topliss-reactive ketones (excluding diaryl/α,β-unsaturated/α-hetero) is 1. The van der Waals surface area contributed by atoms with Crippen LogP contribution in [0.5, 0.6) is 0 Å². The molecule has 0 spiro atoms. The molecule has 0 aromatic heterocycles. The van der Waals surface area contributed by atoms with Crippen LogP contribution in [0.15, 0.2) is 0 Å². The van der Waals surface area contributed by atoms with Gasteiger partial charge in [0, 0.05) is 19.6 Å². The molecular formula is C11H20N2O2. The first-order chi connectivity index (χ1) is 7.13. The summed E-state index contributed by atoms with van der Waals surface area (Å²) in [6.45, 7) is 6.96. The highest BCUT2D eigenvalue weighted by Gasteiger charge is 2.23. The standard InChI is InChI=1S/C11H20N2O2/c1-3-4-5-13-7-6-12(8-10(2)14)9-11(13)15/h3-9H2,1-2H3. The van der Waals surface area contributed by atoms with E-state index in [0.717, 1.165) is 32.5 Å². The van der Waals surface area contributed by atoms with Crippen molar-refractivity contribution in [2.75, 3.05) is 32.7 Å². The van der Waals surface area contributed by atoms with Crippen LogP contribution in [0.2, 0.25) is 0 Å². The lowest BCUT2D eigenvalue weighted by molar-refractivity contribution is -0.136. The molecule has 0 bridgehead atoms. The minimum atomic E-state index is 0.129. The molecule has 0 aromatic rings. The highest BCUT2D eigenvalue weighted by molar-refractivity contribution is 5.81. The number of hydrogen-bond donors (Lipinski definition) is 0. The highest BCUT2D eigenvalue weighted by atomic mass is 16.2. The van der Waals surface area contributed by atoms with Crippen LogP contribution in [0.3, 0.4) is 0 Å². The molecule has 1 amide bonds. The van der Waals surface area contributed by atoms with Crippen molar-refractivity contribution in [3.63, 3.8) is 0 Å². The molecule has 1 fully saturated rings. The molecule has 1 heterocycles. The lowest BCUT2D eigenvalue weighted by Gasteiger charge is -2.33. The molecule has 0 atom stereocenters. The van der Waals surface area contributed by atoms with E-state index in [9.17, 15) is 9.59 Å². The summed E-state index contributed by atoms with van der Waals surface area (Å²) >= 11 is 0. The maximum Gasteiger partial charge on any atom is 0.236 e. The summed E-state index contributed by atoms with van der Waals surface area (Å²) in [6, 6.07) is 0. The third-order valence-electron chi connectivity index (χ3n) is 2.63. The summed E-state index contributed by atoms with van der Waals surface area (Å²) in [5, 5.41) is 0. The molecule has 0 radical (unpaired) electrons. The van der Waals surface area contributed by atoms with Gasteiger partial charge in [0.05, 0.1) is 13.1 Å². The zero-order chi connectivity index (χ0) is 11.3. The number of rotatable bonds is 5. The van der Waals surface area contributed by atoms with Gasteiger partial charge >= 0.3 is 0 Å². The number of amides is 1. The van der Waals surface area contributed by atoms with Crippen LogP contribution in [0.1, 0.15) is 26.7 Å². The largest absolute Gasteiger partial charge is 0.340 e. The first-order valence-electron chi connectivity index (χ1n) is 5.63. The van der Waals surface area contributed by atoms with Gasteiger partial charge in [-0.2, -0.15) is 0 Å². The number of ketones is 1. The Morgan fingerprint density at radius 2 is 2.13 bits per heavy atom. The van der Waals surface area contributed by atoms with E-state index < -0.39 is 0 Å². The van der Waals surface area contributed by atoms with Gasteiger partial charge in [-0.15, -0.1) is 0 Å². The fourth-order valence-corrected chi connectivity index (χ4v) is 1.79. The number of hydrogen-bond acceptors (Lipinski definition) is 3. The maximum atomic E-state index is 11.7. The molecule has 15 heavy (non-hydrogen) atoms. The molecule has 1 aliphatic rings. The zero-order valence-corrected chi connectivity index (χ0v) is 9.66. The van der Waals surface area contributed by atoms with E-state index in [1.54, 1.807) is 6.92 Å². The predicted octanol–water partition coefficient (Wildman–Crippen LogP) is 0.520. The Kier molecular flexibility index (Phi) is 4.75. The SMILES string of the molecule is CCCCN1CCN(CC(C)=O)CC1=O. The average Bonchev–Trinajstić information content (AvgIpc) is 2.15. The van der Waals surface area contributed by atoms with E-state index >= 15 is 0 Å². The fourth-order valence-electron chi connectivity index (χ4n) is 1.79. The minimum absolute atomic E-state index is 0.129. The van der Waals surface area contributed by atoms with E-state index in [2.05, 4.69) is 6.92 Å². The van der Waals surface area contributed by atoms with Crippen molar-refractivity contribution in [2.24, 2.45) is 0 Å². The Balaban J connectivity index is 2.34. The molecule has 1 rings (SSSR count). The number of piperazine rings is 1. The molecule has 86 valence electrons. The van der Waals surface area contributed by atoms with Gasteiger partial charge in [-0.1, -0.05) is 13.3 Å². The summed E-state index contributed by atoms with van der Waals surface area (Å²) < 4.78 is 0. The van der Waals surface area contributed by atoms with Crippen molar-refractivity contribution >= 4 is 11.7 Å². The quantitative estimate of drug-likeness (QED) is 0.667. The van der Waals surface area contributed by atoms with Crippen molar-refractivity contribution < 1.29 is 9.59 Å². The molecule has 1 aliphatic heterocycles. The van der Waals surface area contributed by atoms with Crippen molar-refractivity contribution in [2.45, 2.75) is 26.7 Å². The highest BCUT2D eigenvalue weighted by Crippen LogP contribution is 2.04. The first-order valence-corrected chi connectivity index (χ1v) is 5.63. The van der Waals surface area contributed by atoms with Gasteiger partial charge in [-0.3, -0.25) is 14.5 Å². The molecule has 1 saturated heterocycles. The number of nitrogens with zero attached hydrogens (tertiary/aromatic N) is 2. The van der Waals surface area contributed by atoms with Gasteiger partial charge in [0.2, 0.25) is 5.91 Å². The molecule has 4 nitrogen and oxygen atoms in total. The Morgan fingerprint density at radius 1 is 1.40 bits per heavy atom. The molecule has 0 N–H and O–H groups in total. The van der Waals surface area contributed by atoms with Crippen LogP contribution in [0.25, 0.3) is 0 Å². The smallest absolute Gasteiger partial charge is 0.236 e. The van der Waals surface area contributed by atoms with E-state index in [-0.39, 0.29) is 11.7 Å². The number of carbonyl (C=O) groups is 2. The summed E-state index contributed by atoms with van der Waals surface area (Å²) in [5.41, 5.74) is 0. The van der Waals surface area contributed by atoms with Crippen LogP contribution < -0.4 is 0 Å². The minimum Gasteiger partial charge on any atom is -0.340 e. The van der Waals surface area contributed by atoms with Gasteiger partial charge < -0.3 is 4.90 Å². The lowest BCUT2D eigenvalue weighted by atomic mass is 10.2. The second kappa shape index (κ2) is 5.85. The average molecular weight is 212 g/mol. The summed E-state index contributed by atoms with van der Waals surface area (Å²) in [5.74, 6) is 0.292. The van der Waals surface area contributed by atoms with E-state index in [4.69, 9.17) is 0 Å². The molecule has 0 unspecified atom stereocenters. The molecule has 0 aromatic carbocycles. The van der Waals surface area contributed by atoms with Crippen molar-refractivity contribution in [1.29, 1.82) is 0 Å². The fraction of sp³-hybridized carbons (Fsp3) is 0.818. The number of carbonyl (C=O) groups excluding carboxylic acids is 2. The van der Waals surface area contributed by atoms with E-state index in [1.807, 2.05) is 9.80 Å². The summed E-state index contributed by atoms with van der Waals surface area (Å²) in [6.07, 6.45) is 2.18. The van der Waals surface area contributed by atoms with Gasteiger partial charge in [0.15, 0.2) is 0 Å². The summed E-state index contributed by atoms with van der Waals surface area (Å²) in [4.78, 5) is 26.4. The molecular weight excluding hydrogens is 192 g/mol. The van der Waals surface area contributed by atoms with E-state index in [0.29, 0.717) is 13.1 Å². The van der Waals surface area contributed by atoms with Gasteiger partial charge in [0.25, 0.3) is 0 Å². The van der Waals surface area contributed by atoms with Crippen LogP contribution in [0.4, 0.5) is 0 Å². The Labute approximate surface area is 91.2 Å². The first kappa shape index (κ1) is 12.2. The third-order valence-corrected chi connectivity index (χ3v) is 2.63. The second-order valence-corrected chi connectivity index (χ2v) is 4.15. The Morgan fingerprint density at radius 3 is 2.67 bits per heavy atom.